The molecule has 0 radical (unpaired) electrons. The molecule has 0 aliphatic heterocycles. The van der Waals surface area contributed by atoms with Crippen molar-refractivity contribution >= 4 is 16.8 Å². The number of rotatable bonds is 7. The molecule has 164 valence electrons. The lowest BCUT2D eigenvalue weighted by Crippen LogP contribution is -2.33. The smallest absolute Gasteiger partial charge is 0.251 e. The number of hydrogen-bond acceptors (Lipinski definition) is 3. The van der Waals surface area contributed by atoms with E-state index < -0.39 is 6.04 Å². The van der Waals surface area contributed by atoms with Crippen LogP contribution in [0.3, 0.4) is 0 Å². The molecule has 4 aromatic rings. The lowest BCUT2D eigenvalue weighted by Gasteiger charge is -2.19. The van der Waals surface area contributed by atoms with Gasteiger partial charge in [0.2, 0.25) is 5.91 Å². The van der Waals surface area contributed by atoms with E-state index in [0.717, 1.165) is 27.6 Å². The Hall–Kier alpha value is -3.67. The van der Waals surface area contributed by atoms with Crippen molar-refractivity contribution in [2.24, 2.45) is 0 Å². The number of carbonyl (C=O) groups is 1. The van der Waals surface area contributed by atoms with Crippen LogP contribution < -0.4 is 10.9 Å². The second-order valence-corrected chi connectivity index (χ2v) is 8.56. The van der Waals surface area contributed by atoms with Gasteiger partial charge in [0.15, 0.2) is 0 Å². The zero-order valence-corrected chi connectivity index (χ0v) is 18.6. The second kappa shape index (κ2) is 9.22. The first-order chi connectivity index (χ1) is 15.4. The number of carbonyl (C=O) groups excluding carboxylic acids is 1. The molecular weight excluding hydrogens is 400 g/mol. The summed E-state index contributed by atoms with van der Waals surface area (Å²) >= 11 is 0. The molecule has 1 amide bonds. The molecule has 0 saturated carbocycles. The number of hydrogen-bond donors (Lipinski definition) is 3. The Kier molecular flexibility index (Phi) is 6.21. The van der Waals surface area contributed by atoms with Gasteiger partial charge < -0.3 is 15.3 Å². The van der Waals surface area contributed by atoms with Crippen LogP contribution in [-0.2, 0) is 17.6 Å². The molecule has 2 heterocycles. The summed E-state index contributed by atoms with van der Waals surface area (Å²) in [6.45, 7) is 5.97. The molecule has 3 N–H and O–H groups in total. The number of H-pyrrole nitrogens is 2. The highest BCUT2D eigenvalue weighted by Crippen LogP contribution is 2.24. The molecule has 6 nitrogen and oxygen atoms in total. The van der Waals surface area contributed by atoms with E-state index in [1.807, 2.05) is 69.4 Å². The lowest BCUT2D eigenvalue weighted by molar-refractivity contribution is -0.121. The minimum Gasteiger partial charge on any atom is -0.361 e. The van der Waals surface area contributed by atoms with E-state index in [0.29, 0.717) is 17.9 Å². The SMILES string of the molecule is Cc1cccc(CC(=O)N[C@H](Cc2c[nH]c3ccccc23)c2cc(=O)[nH]c(C(C)C)n2)c1. The quantitative estimate of drug-likeness (QED) is 0.409. The van der Waals surface area contributed by atoms with E-state index in [4.69, 9.17) is 0 Å². The monoisotopic (exact) mass is 428 g/mol. The summed E-state index contributed by atoms with van der Waals surface area (Å²) in [6.07, 6.45) is 2.75. The van der Waals surface area contributed by atoms with Crippen molar-refractivity contribution < 1.29 is 4.79 Å². The Labute approximate surface area is 187 Å². The highest BCUT2D eigenvalue weighted by molar-refractivity contribution is 5.83. The largest absolute Gasteiger partial charge is 0.361 e. The Morgan fingerprint density at radius 2 is 1.91 bits per heavy atom. The van der Waals surface area contributed by atoms with Gasteiger partial charge in [-0.15, -0.1) is 0 Å². The van der Waals surface area contributed by atoms with Crippen LogP contribution in [0.4, 0.5) is 0 Å². The number of aromatic nitrogens is 3. The Morgan fingerprint density at radius 3 is 2.69 bits per heavy atom. The molecule has 0 unspecified atom stereocenters. The fourth-order valence-corrected chi connectivity index (χ4v) is 3.95. The number of amides is 1. The molecule has 2 aromatic heterocycles. The van der Waals surface area contributed by atoms with Crippen LogP contribution in [0.25, 0.3) is 10.9 Å². The van der Waals surface area contributed by atoms with Crippen LogP contribution in [0.15, 0.2) is 65.6 Å². The highest BCUT2D eigenvalue weighted by atomic mass is 16.1. The number of nitrogens with zero attached hydrogens (tertiary/aromatic N) is 1. The third-order valence-corrected chi connectivity index (χ3v) is 5.57. The first-order valence-corrected chi connectivity index (χ1v) is 10.9. The van der Waals surface area contributed by atoms with Crippen molar-refractivity contribution in [2.45, 2.75) is 45.6 Å². The summed E-state index contributed by atoms with van der Waals surface area (Å²) in [5.41, 5.74) is 4.53. The number of para-hydroxylation sites is 1. The summed E-state index contributed by atoms with van der Waals surface area (Å²) < 4.78 is 0. The maximum Gasteiger partial charge on any atom is 0.251 e. The molecule has 6 heteroatoms. The lowest BCUT2D eigenvalue weighted by atomic mass is 10.0. The first kappa shape index (κ1) is 21.6. The maximum absolute atomic E-state index is 13.0. The molecule has 2 aromatic carbocycles. The summed E-state index contributed by atoms with van der Waals surface area (Å²) in [4.78, 5) is 36.1. The molecule has 32 heavy (non-hydrogen) atoms. The van der Waals surface area contributed by atoms with Gasteiger partial charge in [-0.3, -0.25) is 9.59 Å². The van der Waals surface area contributed by atoms with Crippen LogP contribution >= 0.6 is 0 Å². The van der Waals surface area contributed by atoms with E-state index in [9.17, 15) is 9.59 Å². The van der Waals surface area contributed by atoms with Gasteiger partial charge in [0.1, 0.15) is 5.82 Å². The molecular formula is C26H28N4O2. The molecule has 0 aliphatic carbocycles. The standard InChI is InChI=1S/C26H28N4O2/c1-16(2)26-29-23(14-25(32)30-26)22(13-19-15-27-21-10-5-4-9-20(19)21)28-24(31)12-18-8-6-7-17(3)11-18/h4-11,14-16,22,27H,12-13H2,1-3H3,(H,28,31)(H,29,30,32)/t22-/m1/s1. The van der Waals surface area contributed by atoms with E-state index in [-0.39, 0.29) is 23.8 Å². The van der Waals surface area contributed by atoms with Crippen molar-refractivity contribution in [3.63, 3.8) is 0 Å². The Morgan fingerprint density at radius 1 is 1.09 bits per heavy atom. The minimum atomic E-state index is -0.425. The number of aryl methyl sites for hydroxylation is 1. The number of benzene rings is 2. The topological polar surface area (TPSA) is 90.6 Å². The van der Waals surface area contributed by atoms with E-state index in [2.05, 4.69) is 26.3 Å². The number of fused-ring (bicyclic) bond motifs is 1. The normalized spacial score (nSPS) is 12.2. The van der Waals surface area contributed by atoms with Gasteiger partial charge in [0, 0.05) is 35.5 Å². The van der Waals surface area contributed by atoms with E-state index >= 15 is 0 Å². The predicted octanol–water partition coefficient (Wildman–Crippen LogP) is 4.33. The summed E-state index contributed by atoms with van der Waals surface area (Å²) in [6, 6.07) is 17.0. The fraction of sp³-hybridized carbons (Fsp3) is 0.269. The minimum absolute atomic E-state index is 0.0689. The van der Waals surface area contributed by atoms with Crippen molar-refractivity contribution in [1.82, 2.24) is 20.3 Å². The molecule has 0 saturated heterocycles. The van der Waals surface area contributed by atoms with Crippen molar-refractivity contribution in [3.05, 3.63) is 99.4 Å². The molecule has 0 aliphatic rings. The zero-order valence-electron chi connectivity index (χ0n) is 18.6. The molecule has 1 atom stereocenters. The molecule has 4 rings (SSSR count). The summed E-state index contributed by atoms with van der Waals surface area (Å²) in [5, 5.41) is 4.23. The third-order valence-electron chi connectivity index (χ3n) is 5.57. The average molecular weight is 429 g/mol. The molecule has 0 bridgehead atoms. The van der Waals surface area contributed by atoms with Gasteiger partial charge in [-0.1, -0.05) is 61.9 Å². The van der Waals surface area contributed by atoms with Gasteiger partial charge >= 0.3 is 0 Å². The Bertz CT molecular complexity index is 1300. The number of nitrogens with one attached hydrogen (secondary N) is 3. The predicted molar refractivity (Wildman–Crippen MR) is 127 cm³/mol. The average Bonchev–Trinajstić information content (AvgIpc) is 3.16. The fourth-order valence-electron chi connectivity index (χ4n) is 3.95. The van der Waals surface area contributed by atoms with Crippen molar-refractivity contribution in [1.29, 1.82) is 0 Å². The van der Waals surface area contributed by atoms with Crippen LogP contribution in [0, 0.1) is 6.92 Å². The van der Waals surface area contributed by atoms with Crippen molar-refractivity contribution in [3.8, 4) is 0 Å². The van der Waals surface area contributed by atoms with E-state index in [1.54, 1.807) is 0 Å². The van der Waals surface area contributed by atoms with Gasteiger partial charge in [-0.05, 0) is 24.1 Å². The van der Waals surface area contributed by atoms with Gasteiger partial charge in [0.25, 0.3) is 5.56 Å². The summed E-state index contributed by atoms with van der Waals surface area (Å²) in [5.74, 6) is 0.581. The van der Waals surface area contributed by atoms with Crippen LogP contribution in [0.2, 0.25) is 0 Å². The van der Waals surface area contributed by atoms with Gasteiger partial charge in [-0.25, -0.2) is 4.98 Å². The number of aromatic amines is 2. The molecule has 0 fully saturated rings. The third kappa shape index (κ3) is 4.97. The highest BCUT2D eigenvalue weighted by Gasteiger charge is 2.21. The van der Waals surface area contributed by atoms with Gasteiger partial charge in [-0.2, -0.15) is 0 Å². The van der Waals surface area contributed by atoms with Crippen LogP contribution in [-0.4, -0.2) is 20.9 Å². The summed E-state index contributed by atoms with van der Waals surface area (Å²) in [7, 11) is 0. The van der Waals surface area contributed by atoms with Gasteiger partial charge in [0.05, 0.1) is 18.2 Å². The van der Waals surface area contributed by atoms with E-state index in [1.165, 1.54) is 6.07 Å². The van der Waals surface area contributed by atoms with Crippen LogP contribution in [0.1, 0.15) is 54.0 Å². The second-order valence-electron chi connectivity index (χ2n) is 8.56. The maximum atomic E-state index is 13.0. The first-order valence-electron chi connectivity index (χ1n) is 10.9. The molecule has 0 spiro atoms. The Balaban J connectivity index is 1.66. The zero-order chi connectivity index (χ0) is 22.7. The van der Waals surface area contributed by atoms with Crippen molar-refractivity contribution in [2.75, 3.05) is 0 Å². The van der Waals surface area contributed by atoms with Crippen LogP contribution in [0.5, 0.6) is 0 Å².